The maximum absolute atomic E-state index is 13.8. The van der Waals surface area contributed by atoms with Crippen LogP contribution in [-0.4, -0.2) is 8.42 Å². The van der Waals surface area contributed by atoms with Crippen molar-refractivity contribution in [3.05, 3.63) is 58.3 Å². The SMILES string of the molecule is NS(=O)(=O)c1ccc(NCc2ccccc2Br)c(F)c1. The van der Waals surface area contributed by atoms with Gasteiger partial charge in [0.05, 0.1) is 10.6 Å². The highest BCUT2D eigenvalue weighted by atomic mass is 79.9. The van der Waals surface area contributed by atoms with Gasteiger partial charge < -0.3 is 5.32 Å². The van der Waals surface area contributed by atoms with Crippen LogP contribution in [0, 0.1) is 5.82 Å². The van der Waals surface area contributed by atoms with E-state index in [1.807, 2.05) is 24.3 Å². The summed E-state index contributed by atoms with van der Waals surface area (Å²) in [6, 6.07) is 11.1. The Bertz CT molecular complexity index is 735. The molecule has 7 heteroatoms. The Morgan fingerprint density at radius 3 is 2.50 bits per heavy atom. The molecule has 0 aromatic heterocycles. The Morgan fingerprint density at radius 2 is 1.90 bits per heavy atom. The maximum atomic E-state index is 13.8. The molecule has 0 saturated carbocycles. The second-order valence-electron chi connectivity index (χ2n) is 4.13. The van der Waals surface area contributed by atoms with Gasteiger partial charge in [0.2, 0.25) is 10.0 Å². The van der Waals surface area contributed by atoms with Crippen LogP contribution in [0.3, 0.4) is 0 Å². The minimum absolute atomic E-state index is 0.216. The second kappa shape index (κ2) is 5.90. The third-order valence-electron chi connectivity index (χ3n) is 2.70. The van der Waals surface area contributed by atoms with Crippen LogP contribution >= 0.6 is 15.9 Å². The average Bonchev–Trinajstić information content (AvgIpc) is 2.38. The molecule has 20 heavy (non-hydrogen) atoms. The van der Waals surface area contributed by atoms with E-state index in [2.05, 4.69) is 21.2 Å². The van der Waals surface area contributed by atoms with E-state index in [4.69, 9.17) is 5.14 Å². The van der Waals surface area contributed by atoms with Crippen molar-refractivity contribution in [2.24, 2.45) is 5.14 Å². The smallest absolute Gasteiger partial charge is 0.238 e. The van der Waals surface area contributed by atoms with E-state index in [-0.39, 0.29) is 10.6 Å². The predicted octanol–water partition coefficient (Wildman–Crippen LogP) is 2.85. The van der Waals surface area contributed by atoms with Crippen molar-refractivity contribution in [3.8, 4) is 0 Å². The molecule has 0 aliphatic rings. The largest absolute Gasteiger partial charge is 0.379 e. The normalized spacial score (nSPS) is 11.3. The van der Waals surface area contributed by atoms with Gasteiger partial charge in [0.25, 0.3) is 0 Å². The van der Waals surface area contributed by atoms with E-state index < -0.39 is 15.8 Å². The second-order valence-corrected chi connectivity index (χ2v) is 6.55. The molecule has 0 unspecified atom stereocenters. The molecule has 0 radical (unpaired) electrons. The van der Waals surface area contributed by atoms with Gasteiger partial charge in [-0.3, -0.25) is 0 Å². The molecule has 2 aromatic carbocycles. The molecule has 0 aliphatic carbocycles. The van der Waals surface area contributed by atoms with Crippen LogP contribution in [0.4, 0.5) is 10.1 Å². The van der Waals surface area contributed by atoms with Crippen molar-refractivity contribution >= 4 is 31.6 Å². The van der Waals surface area contributed by atoms with Gasteiger partial charge in [0.1, 0.15) is 5.82 Å². The van der Waals surface area contributed by atoms with Crippen LogP contribution in [0.15, 0.2) is 51.8 Å². The van der Waals surface area contributed by atoms with E-state index in [0.29, 0.717) is 6.54 Å². The van der Waals surface area contributed by atoms with E-state index >= 15 is 0 Å². The Hall–Kier alpha value is -1.44. The molecular weight excluding hydrogens is 347 g/mol. The highest BCUT2D eigenvalue weighted by molar-refractivity contribution is 9.10. The minimum atomic E-state index is -3.89. The quantitative estimate of drug-likeness (QED) is 0.882. The number of hydrogen-bond acceptors (Lipinski definition) is 3. The molecular formula is C13H12BrFN2O2S. The van der Waals surface area contributed by atoms with Gasteiger partial charge in [-0.1, -0.05) is 34.1 Å². The fourth-order valence-corrected chi connectivity index (χ4v) is 2.60. The number of sulfonamides is 1. The van der Waals surface area contributed by atoms with Gasteiger partial charge in [-0.15, -0.1) is 0 Å². The lowest BCUT2D eigenvalue weighted by molar-refractivity contribution is 0.593. The number of nitrogens with one attached hydrogen (secondary N) is 1. The summed E-state index contributed by atoms with van der Waals surface area (Å²) < 4.78 is 36.9. The zero-order chi connectivity index (χ0) is 14.8. The van der Waals surface area contributed by atoms with Crippen LogP contribution in [0.5, 0.6) is 0 Å². The summed E-state index contributed by atoms with van der Waals surface area (Å²) in [6.07, 6.45) is 0. The predicted molar refractivity (Wildman–Crippen MR) is 79.2 cm³/mol. The molecule has 2 aromatic rings. The molecule has 4 nitrogen and oxygen atoms in total. The Labute approximate surface area is 125 Å². The summed E-state index contributed by atoms with van der Waals surface area (Å²) in [5.74, 6) is -0.663. The molecule has 0 bridgehead atoms. The lowest BCUT2D eigenvalue weighted by Crippen LogP contribution is -2.12. The van der Waals surface area contributed by atoms with Gasteiger partial charge in [0.15, 0.2) is 0 Å². The third-order valence-corrected chi connectivity index (χ3v) is 4.38. The highest BCUT2D eigenvalue weighted by Gasteiger charge is 2.11. The molecule has 0 saturated heterocycles. The van der Waals surface area contributed by atoms with Crippen LogP contribution in [0.25, 0.3) is 0 Å². The molecule has 0 amide bonds. The number of halogens is 2. The summed E-state index contributed by atoms with van der Waals surface area (Å²) in [7, 11) is -3.89. The molecule has 106 valence electrons. The van der Waals surface area contributed by atoms with Gasteiger partial charge in [0, 0.05) is 11.0 Å². The van der Waals surface area contributed by atoms with Crippen molar-refractivity contribution in [1.29, 1.82) is 0 Å². The number of nitrogens with two attached hydrogens (primary N) is 1. The summed E-state index contributed by atoms with van der Waals surface area (Å²) in [4.78, 5) is -0.249. The van der Waals surface area contributed by atoms with Crippen molar-refractivity contribution in [2.75, 3.05) is 5.32 Å². The number of anilines is 1. The lowest BCUT2D eigenvalue weighted by atomic mass is 10.2. The number of hydrogen-bond donors (Lipinski definition) is 2. The van der Waals surface area contributed by atoms with E-state index in [1.54, 1.807) is 0 Å². The van der Waals surface area contributed by atoms with Gasteiger partial charge in [-0.2, -0.15) is 0 Å². The lowest BCUT2D eigenvalue weighted by Gasteiger charge is -2.10. The minimum Gasteiger partial charge on any atom is -0.379 e. The maximum Gasteiger partial charge on any atom is 0.238 e. The fourth-order valence-electron chi connectivity index (χ4n) is 1.65. The Morgan fingerprint density at radius 1 is 1.20 bits per heavy atom. The summed E-state index contributed by atoms with van der Waals surface area (Å²) in [5, 5.41) is 7.85. The number of benzene rings is 2. The van der Waals surface area contributed by atoms with Gasteiger partial charge >= 0.3 is 0 Å². The fraction of sp³-hybridized carbons (Fsp3) is 0.0769. The monoisotopic (exact) mass is 358 g/mol. The Kier molecular flexibility index (Phi) is 4.42. The first-order valence-electron chi connectivity index (χ1n) is 5.67. The molecule has 0 spiro atoms. The van der Waals surface area contributed by atoms with Gasteiger partial charge in [-0.05, 0) is 29.8 Å². The average molecular weight is 359 g/mol. The van der Waals surface area contributed by atoms with Crippen LogP contribution in [0.2, 0.25) is 0 Å². The molecule has 0 heterocycles. The first-order valence-corrected chi connectivity index (χ1v) is 8.01. The summed E-state index contributed by atoms with van der Waals surface area (Å²) in [5.41, 5.74) is 1.18. The standard InChI is InChI=1S/C13H12BrFN2O2S/c14-11-4-2-1-3-9(11)8-17-13-6-5-10(7-12(13)15)20(16,18)19/h1-7,17H,8H2,(H2,16,18,19). The molecule has 0 atom stereocenters. The number of rotatable bonds is 4. The summed E-state index contributed by atoms with van der Waals surface area (Å²) in [6.45, 7) is 0.410. The Balaban J connectivity index is 2.17. The zero-order valence-corrected chi connectivity index (χ0v) is 12.7. The topological polar surface area (TPSA) is 72.2 Å². The van der Waals surface area contributed by atoms with Crippen molar-refractivity contribution in [2.45, 2.75) is 11.4 Å². The van der Waals surface area contributed by atoms with E-state index in [0.717, 1.165) is 16.1 Å². The van der Waals surface area contributed by atoms with E-state index in [1.165, 1.54) is 12.1 Å². The third kappa shape index (κ3) is 3.56. The first kappa shape index (κ1) is 15.0. The van der Waals surface area contributed by atoms with Crippen molar-refractivity contribution < 1.29 is 12.8 Å². The van der Waals surface area contributed by atoms with Gasteiger partial charge in [-0.25, -0.2) is 17.9 Å². The molecule has 0 aliphatic heterocycles. The summed E-state index contributed by atoms with van der Waals surface area (Å²) >= 11 is 3.40. The molecule has 3 N–H and O–H groups in total. The van der Waals surface area contributed by atoms with Crippen molar-refractivity contribution in [3.63, 3.8) is 0 Å². The van der Waals surface area contributed by atoms with Crippen LogP contribution < -0.4 is 10.5 Å². The highest BCUT2D eigenvalue weighted by Crippen LogP contribution is 2.21. The molecule has 2 rings (SSSR count). The number of primary sulfonamides is 1. The van der Waals surface area contributed by atoms with E-state index in [9.17, 15) is 12.8 Å². The van der Waals surface area contributed by atoms with Crippen LogP contribution in [-0.2, 0) is 16.6 Å². The van der Waals surface area contributed by atoms with Crippen LogP contribution in [0.1, 0.15) is 5.56 Å². The van der Waals surface area contributed by atoms with Crippen molar-refractivity contribution in [1.82, 2.24) is 0 Å². The zero-order valence-electron chi connectivity index (χ0n) is 10.3. The molecule has 0 fully saturated rings. The first-order chi connectivity index (χ1) is 9.38.